The van der Waals surface area contributed by atoms with Crippen molar-refractivity contribution in [3.8, 4) is 17.2 Å². The van der Waals surface area contributed by atoms with E-state index in [1.165, 1.54) is 24.0 Å². The molecule has 1 atom stereocenters. The van der Waals surface area contributed by atoms with Gasteiger partial charge in [0.2, 0.25) is 5.78 Å². The van der Waals surface area contributed by atoms with Gasteiger partial charge < -0.3 is 29.1 Å². The summed E-state index contributed by atoms with van der Waals surface area (Å²) in [5.41, 5.74) is 0.780. The second-order valence-electron chi connectivity index (χ2n) is 8.60. The molecule has 8 nitrogen and oxygen atoms in total. The summed E-state index contributed by atoms with van der Waals surface area (Å²) in [5.74, 6) is -0.298. The largest absolute Gasteiger partial charge is 0.872 e. The molecule has 8 heteroatoms. The SMILES string of the molecule is CCOc1ccc(/C([O-])=C2\C(=O)C(=O)N(CCC[NH+](CC)CC)C2c2cc(OC)ccc2OC)cc1. The van der Waals surface area contributed by atoms with Gasteiger partial charge >= 0.3 is 0 Å². The summed E-state index contributed by atoms with van der Waals surface area (Å²) in [6, 6.07) is 10.9. The Kier molecular flexibility index (Phi) is 9.36. The van der Waals surface area contributed by atoms with E-state index in [0.717, 1.165) is 19.6 Å². The molecular formula is C28H36N2O6. The van der Waals surface area contributed by atoms with Gasteiger partial charge in [-0.25, -0.2) is 0 Å². The van der Waals surface area contributed by atoms with E-state index in [0.29, 0.717) is 47.9 Å². The van der Waals surface area contributed by atoms with Crippen LogP contribution in [0.15, 0.2) is 48.0 Å². The molecule has 0 radical (unpaired) electrons. The molecule has 1 fully saturated rings. The van der Waals surface area contributed by atoms with Crippen LogP contribution in [-0.2, 0) is 9.59 Å². The minimum absolute atomic E-state index is 0.0779. The lowest BCUT2D eigenvalue weighted by Crippen LogP contribution is -3.11. The van der Waals surface area contributed by atoms with E-state index in [1.54, 1.807) is 42.5 Å². The van der Waals surface area contributed by atoms with E-state index in [9.17, 15) is 14.7 Å². The van der Waals surface area contributed by atoms with Crippen LogP contribution in [0.2, 0.25) is 0 Å². The smallest absolute Gasteiger partial charge is 0.295 e. The number of carbonyl (C=O) groups is 2. The van der Waals surface area contributed by atoms with Crippen LogP contribution in [0.25, 0.3) is 5.76 Å². The van der Waals surface area contributed by atoms with Gasteiger partial charge in [0, 0.05) is 24.1 Å². The topological polar surface area (TPSA) is 92.6 Å². The quantitative estimate of drug-likeness (QED) is 0.273. The molecule has 0 aliphatic carbocycles. The number of Topliss-reactive ketones (excluding diaryl/α,β-unsaturated/α-hetero) is 1. The van der Waals surface area contributed by atoms with Crippen LogP contribution in [-0.4, -0.2) is 63.6 Å². The fourth-order valence-corrected chi connectivity index (χ4v) is 4.60. The maximum absolute atomic E-state index is 13.7. The Bertz CT molecular complexity index is 1090. The van der Waals surface area contributed by atoms with Crippen LogP contribution < -0.4 is 24.2 Å². The Morgan fingerprint density at radius 2 is 1.64 bits per heavy atom. The predicted molar refractivity (Wildman–Crippen MR) is 135 cm³/mol. The molecule has 1 heterocycles. The standard InChI is InChI=1S/C28H36N2O6/c1-6-29(7-2)16-9-17-30-25(22-18-21(34-4)14-15-23(22)35-5)24(27(32)28(30)33)26(31)19-10-12-20(13-11-19)36-8-3/h10-15,18,25,31H,6-9,16-17H2,1-5H3/b26-24+. The number of amides is 1. The summed E-state index contributed by atoms with van der Waals surface area (Å²) in [6.07, 6.45) is 0.698. The number of hydrogen-bond donors (Lipinski definition) is 1. The first-order chi connectivity index (χ1) is 17.4. The van der Waals surface area contributed by atoms with Crippen molar-refractivity contribution >= 4 is 17.4 Å². The lowest BCUT2D eigenvalue weighted by atomic mass is 9.94. The fraction of sp³-hybridized carbons (Fsp3) is 0.429. The van der Waals surface area contributed by atoms with E-state index in [1.807, 2.05) is 6.92 Å². The van der Waals surface area contributed by atoms with E-state index in [2.05, 4.69) is 13.8 Å². The van der Waals surface area contributed by atoms with Crippen molar-refractivity contribution in [1.29, 1.82) is 0 Å². The van der Waals surface area contributed by atoms with Gasteiger partial charge in [0.05, 0.1) is 46.5 Å². The third-order valence-electron chi connectivity index (χ3n) is 6.62. The molecule has 1 saturated heterocycles. The highest BCUT2D eigenvalue weighted by molar-refractivity contribution is 6.46. The molecule has 0 spiro atoms. The van der Waals surface area contributed by atoms with E-state index >= 15 is 0 Å². The van der Waals surface area contributed by atoms with Gasteiger partial charge in [-0.2, -0.15) is 0 Å². The summed E-state index contributed by atoms with van der Waals surface area (Å²) in [7, 11) is 3.06. The van der Waals surface area contributed by atoms with Crippen molar-refractivity contribution in [3.63, 3.8) is 0 Å². The lowest BCUT2D eigenvalue weighted by Gasteiger charge is -2.29. The number of nitrogens with zero attached hydrogens (tertiary/aromatic N) is 1. The highest BCUT2D eigenvalue weighted by Gasteiger charge is 2.45. The summed E-state index contributed by atoms with van der Waals surface area (Å²) in [6.45, 7) is 9.77. The van der Waals surface area contributed by atoms with Gasteiger partial charge in [-0.3, -0.25) is 9.59 Å². The van der Waals surface area contributed by atoms with Crippen LogP contribution in [0.5, 0.6) is 17.2 Å². The Labute approximate surface area is 213 Å². The molecule has 1 unspecified atom stereocenters. The van der Waals surface area contributed by atoms with E-state index in [4.69, 9.17) is 14.2 Å². The summed E-state index contributed by atoms with van der Waals surface area (Å²) in [5, 5.41) is 13.7. The van der Waals surface area contributed by atoms with Crippen molar-refractivity contribution in [2.24, 2.45) is 0 Å². The Hall–Kier alpha value is -3.52. The zero-order valence-electron chi connectivity index (χ0n) is 21.8. The van der Waals surface area contributed by atoms with Crippen LogP contribution in [0, 0.1) is 0 Å². The van der Waals surface area contributed by atoms with Gasteiger partial charge in [0.25, 0.3) is 5.91 Å². The fourth-order valence-electron chi connectivity index (χ4n) is 4.60. The molecule has 1 aliphatic heterocycles. The monoisotopic (exact) mass is 496 g/mol. The number of hydrogen-bond acceptors (Lipinski definition) is 6. The molecule has 194 valence electrons. The molecule has 36 heavy (non-hydrogen) atoms. The number of rotatable bonds is 12. The first-order valence-electron chi connectivity index (χ1n) is 12.4. The van der Waals surface area contributed by atoms with Crippen molar-refractivity contribution < 1.29 is 33.8 Å². The van der Waals surface area contributed by atoms with Crippen LogP contribution in [0.4, 0.5) is 0 Å². The number of benzene rings is 2. The van der Waals surface area contributed by atoms with Crippen molar-refractivity contribution in [2.45, 2.75) is 33.2 Å². The number of ketones is 1. The highest BCUT2D eigenvalue weighted by Crippen LogP contribution is 2.43. The van der Waals surface area contributed by atoms with Crippen molar-refractivity contribution in [1.82, 2.24) is 4.90 Å². The number of nitrogens with one attached hydrogen (secondary N) is 1. The summed E-state index contributed by atoms with van der Waals surface area (Å²) in [4.78, 5) is 29.4. The Morgan fingerprint density at radius 1 is 0.972 bits per heavy atom. The average molecular weight is 497 g/mol. The first-order valence-corrected chi connectivity index (χ1v) is 12.4. The molecule has 2 aromatic carbocycles. The Morgan fingerprint density at radius 3 is 2.22 bits per heavy atom. The van der Waals surface area contributed by atoms with Crippen molar-refractivity contribution in [2.75, 3.05) is 47.0 Å². The predicted octanol–water partition coefficient (Wildman–Crippen LogP) is 1.64. The second kappa shape index (κ2) is 12.4. The molecule has 0 aromatic heterocycles. The third-order valence-corrected chi connectivity index (χ3v) is 6.62. The minimum atomic E-state index is -0.874. The van der Waals surface area contributed by atoms with Gasteiger partial charge in [0.1, 0.15) is 17.2 Å². The van der Waals surface area contributed by atoms with E-state index in [-0.39, 0.29) is 5.57 Å². The molecular weight excluding hydrogens is 460 g/mol. The highest BCUT2D eigenvalue weighted by atomic mass is 16.5. The number of methoxy groups -OCH3 is 2. The van der Waals surface area contributed by atoms with Gasteiger partial charge in [-0.15, -0.1) is 0 Å². The van der Waals surface area contributed by atoms with Gasteiger partial charge in [-0.05, 0) is 56.7 Å². The van der Waals surface area contributed by atoms with Crippen LogP contribution in [0.3, 0.4) is 0 Å². The number of quaternary nitrogens is 1. The zero-order chi connectivity index (χ0) is 26.2. The molecule has 1 amide bonds. The normalized spacial score (nSPS) is 17.1. The molecule has 0 bridgehead atoms. The maximum Gasteiger partial charge on any atom is 0.295 e. The summed E-state index contributed by atoms with van der Waals surface area (Å²) < 4.78 is 16.5. The minimum Gasteiger partial charge on any atom is -0.872 e. The van der Waals surface area contributed by atoms with Gasteiger partial charge in [0.15, 0.2) is 0 Å². The number of likely N-dealkylation sites (tertiary alicyclic amines) is 1. The average Bonchev–Trinajstić information content (AvgIpc) is 3.15. The van der Waals surface area contributed by atoms with Crippen LogP contribution >= 0.6 is 0 Å². The van der Waals surface area contributed by atoms with Crippen molar-refractivity contribution in [3.05, 3.63) is 59.2 Å². The zero-order valence-corrected chi connectivity index (χ0v) is 21.8. The molecule has 0 saturated carbocycles. The molecule has 1 aliphatic rings. The van der Waals surface area contributed by atoms with Crippen LogP contribution in [0.1, 0.15) is 44.4 Å². The molecule has 3 rings (SSSR count). The van der Waals surface area contributed by atoms with Gasteiger partial charge in [-0.1, -0.05) is 17.9 Å². The maximum atomic E-state index is 13.7. The number of ether oxygens (including phenoxy) is 3. The third kappa shape index (κ3) is 5.65. The second-order valence-corrected chi connectivity index (χ2v) is 8.60. The Balaban J connectivity index is 2.11. The summed E-state index contributed by atoms with van der Waals surface area (Å²) >= 11 is 0. The number of carbonyl (C=O) groups excluding carboxylic acids is 2. The van der Waals surface area contributed by atoms with E-state index < -0.39 is 23.5 Å². The lowest BCUT2D eigenvalue weighted by molar-refractivity contribution is -0.896. The molecule has 2 aromatic rings. The first kappa shape index (κ1) is 27.1. The molecule has 1 N–H and O–H groups in total.